The van der Waals surface area contributed by atoms with Crippen molar-refractivity contribution >= 4 is 28.9 Å². The van der Waals surface area contributed by atoms with E-state index in [2.05, 4.69) is 28.9 Å². The molecule has 4 heterocycles. The van der Waals surface area contributed by atoms with Gasteiger partial charge in [-0.25, -0.2) is 18.6 Å². The highest BCUT2D eigenvalue weighted by atomic mass is 35.5. The normalized spacial score (nSPS) is 14.5. The summed E-state index contributed by atoms with van der Waals surface area (Å²) in [4.78, 5) is 18.7. The number of thiophene rings is 1. The molecule has 1 fully saturated rings. The first kappa shape index (κ1) is 27.9. The number of nitrogens with two attached hydrogens (primary N) is 1. The van der Waals surface area contributed by atoms with E-state index in [0.717, 1.165) is 23.2 Å². The van der Waals surface area contributed by atoms with Crippen LogP contribution in [0.2, 0.25) is 4.34 Å². The number of halogens is 3. The molecule has 0 unspecified atom stereocenters. The molecular formula is C26H28ClF2N5O3S. The van der Waals surface area contributed by atoms with E-state index in [1.54, 1.807) is 18.2 Å². The van der Waals surface area contributed by atoms with E-state index in [0.29, 0.717) is 27.9 Å². The van der Waals surface area contributed by atoms with Gasteiger partial charge in [-0.1, -0.05) is 22.8 Å². The Bertz CT molecular complexity index is 1370. The predicted octanol–water partition coefficient (Wildman–Crippen LogP) is 5.76. The van der Waals surface area contributed by atoms with Crippen LogP contribution in [-0.4, -0.2) is 55.9 Å². The SMILES string of the molecule is CC(C)N1CCC(N)CC1.O=C(O)c1cnc(-c2c(F)cccc2F)n1Cc1cc(-c2ccc(Cl)s2)on1. The third-order valence-corrected chi connectivity index (χ3v) is 7.51. The standard InChI is InChI=1S/C18H10ClF2N3O3S.C8H18N2/c19-15-5-4-14(28-15)13-6-9(23-27-13)8-24-12(18(25)26)7-22-17(24)16-10(20)2-1-3-11(16)21;1-7(2)10-5-3-8(9)4-6-10/h1-7H,8H2,(H,25,26);7-8H,3-6,9H2,1-2H3. The van der Waals surface area contributed by atoms with Gasteiger partial charge in [-0.3, -0.25) is 0 Å². The molecule has 0 radical (unpaired) electrons. The lowest BCUT2D eigenvalue weighted by atomic mass is 10.1. The molecule has 3 aromatic heterocycles. The van der Waals surface area contributed by atoms with Crippen molar-refractivity contribution in [3.05, 3.63) is 70.0 Å². The average molecular weight is 564 g/mol. The fourth-order valence-electron chi connectivity index (χ4n) is 4.16. The molecule has 1 aromatic carbocycles. The lowest BCUT2D eigenvalue weighted by Gasteiger charge is -2.32. The zero-order valence-electron chi connectivity index (χ0n) is 20.9. The van der Waals surface area contributed by atoms with Crippen molar-refractivity contribution < 1.29 is 23.2 Å². The molecule has 0 saturated carbocycles. The van der Waals surface area contributed by atoms with Crippen LogP contribution in [0.25, 0.3) is 22.0 Å². The number of imidazole rings is 1. The van der Waals surface area contributed by atoms with Crippen molar-refractivity contribution in [1.82, 2.24) is 19.6 Å². The topological polar surface area (TPSA) is 110 Å². The number of carboxylic acids is 1. The van der Waals surface area contributed by atoms with E-state index < -0.39 is 23.2 Å². The first-order chi connectivity index (χ1) is 18.1. The maximum atomic E-state index is 14.2. The average Bonchev–Trinajstić information content (AvgIpc) is 3.61. The maximum Gasteiger partial charge on any atom is 0.354 e. The molecule has 202 valence electrons. The summed E-state index contributed by atoms with van der Waals surface area (Å²) in [6.45, 7) is 6.78. The lowest BCUT2D eigenvalue weighted by Crippen LogP contribution is -2.42. The highest BCUT2D eigenvalue weighted by Crippen LogP contribution is 2.32. The van der Waals surface area contributed by atoms with E-state index in [1.165, 1.54) is 47.9 Å². The van der Waals surface area contributed by atoms with Crippen molar-refractivity contribution in [2.45, 2.75) is 45.3 Å². The monoisotopic (exact) mass is 563 g/mol. The van der Waals surface area contributed by atoms with Crippen LogP contribution in [0.3, 0.4) is 0 Å². The Kier molecular flexibility index (Phi) is 8.93. The van der Waals surface area contributed by atoms with E-state index >= 15 is 0 Å². The van der Waals surface area contributed by atoms with E-state index in [1.807, 2.05) is 0 Å². The van der Waals surface area contributed by atoms with Crippen molar-refractivity contribution in [2.24, 2.45) is 5.73 Å². The molecule has 3 N–H and O–H groups in total. The number of rotatable bonds is 6. The third kappa shape index (κ3) is 6.47. The molecule has 5 rings (SSSR count). The summed E-state index contributed by atoms with van der Waals surface area (Å²) in [5.74, 6) is -2.70. The van der Waals surface area contributed by atoms with Crippen LogP contribution in [0.5, 0.6) is 0 Å². The van der Waals surface area contributed by atoms with Gasteiger partial charge in [0.2, 0.25) is 0 Å². The van der Waals surface area contributed by atoms with Gasteiger partial charge in [0.05, 0.1) is 27.5 Å². The number of aromatic nitrogens is 3. The second kappa shape index (κ2) is 12.2. The van der Waals surface area contributed by atoms with Gasteiger partial charge < -0.3 is 24.8 Å². The number of aromatic carboxylic acids is 1. The van der Waals surface area contributed by atoms with Crippen molar-refractivity contribution in [3.8, 4) is 22.0 Å². The van der Waals surface area contributed by atoms with Crippen LogP contribution in [0.15, 0.2) is 47.1 Å². The minimum Gasteiger partial charge on any atom is -0.477 e. The summed E-state index contributed by atoms with van der Waals surface area (Å²) in [7, 11) is 0. The number of likely N-dealkylation sites (tertiary alicyclic amines) is 1. The summed E-state index contributed by atoms with van der Waals surface area (Å²) in [6, 6.07) is 9.62. The number of hydrogen-bond donors (Lipinski definition) is 2. The van der Waals surface area contributed by atoms with Gasteiger partial charge in [-0.05, 0) is 64.0 Å². The maximum absolute atomic E-state index is 14.2. The molecule has 8 nitrogen and oxygen atoms in total. The van der Waals surface area contributed by atoms with E-state index in [-0.39, 0.29) is 18.1 Å². The fraction of sp³-hybridized carbons (Fsp3) is 0.346. The number of carboxylic acid groups (broad SMARTS) is 1. The number of nitrogens with zero attached hydrogens (tertiary/aromatic N) is 4. The molecule has 1 saturated heterocycles. The van der Waals surface area contributed by atoms with Crippen LogP contribution in [0, 0.1) is 11.6 Å². The van der Waals surface area contributed by atoms with Crippen LogP contribution in [0.1, 0.15) is 42.9 Å². The van der Waals surface area contributed by atoms with Gasteiger partial charge in [-0.15, -0.1) is 11.3 Å². The van der Waals surface area contributed by atoms with Crippen LogP contribution >= 0.6 is 22.9 Å². The summed E-state index contributed by atoms with van der Waals surface area (Å²) in [5.41, 5.74) is 5.48. The summed E-state index contributed by atoms with van der Waals surface area (Å²) in [5, 5.41) is 13.3. The zero-order chi connectivity index (χ0) is 27.4. The molecule has 12 heteroatoms. The molecule has 0 spiro atoms. The molecule has 1 aliphatic heterocycles. The molecule has 0 aliphatic carbocycles. The summed E-state index contributed by atoms with van der Waals surface area (Å²) >= 11 is 7.21. The van der Waals surface area contributed by atoms with Crippen LogP contribution in [0.4, 0.5) is 8.78 Å². The Balaban J connectivity index is 0.000000283. The van der Waals surface area contributed by atoms with Crippen molar-refractivity contribution in [2.75, 3.05) is 13.1 Å². The fourth-order valence-corrected chi connectivity index (χ4v) is 5.16. The first-order valence-corrected chi connectivity index (χ1v) is 13.3. The zero-order valence-corrected chi connectivity index (χ0v) is 22.5. The lowest BCUT2D eigenvalue weighted by molar-refractivity contribution is 0.0685. The minimum atomic E-state index is -1.29. The Morgan fingerprint density at radius 1 is 1.24 bits per heavy atom. The highest BCUT2D eigenvalue weighted by Gasteiger charge is 2.23. The molecular weight excluding hydrogens is 536 g/mol. The van der Waals surface area contributed by atoms with Crippen LogP contribution < -0.4 is 5.73 Å². The Morgan fingerprint density at radius 3 is 2.50 bits per heavy atom. The molecule has 0 bridgehead atoms. The van der Waals surface area contributed by atoms with E-state index in [9.17, 15) is 18.7 Å². The second-order valence-electron chi connectivity index (χ2n) is 9.21. The number of benzene rings is 1. The van der Waals surface area contributed by atoms with E-state index in [4.69, 9.17) is 21.9 Å². The molecule has 4 aromatic rings. The Morgan fingerprint density at radius 2 is 1.92 bits per heavy atom. The summed E-state index contributed by atoms with van der Waals surface area (Å²) < 4.78 is 35.4. The predicted molar refractivity (Wildman–Crippen MR) is 142 cm³/mol. The van der Waals surface area contributed by atoms with Gasteiger partial charge in [0.15, 0.2) is 5.76 Å². The number of piperidine rings is 1. The van der Waals surface area contributed by atoms with Crippen molar-refractivity contribution in [1.29, 1.82) is 0 Å². The quantitative estimate of drug-likeness (QED) is 0.307. The first-order valence-electron chi connectivity index (χ1n) is 12.1. The van der Waals surface area contributed by atoms with Crippen molar-refractivity contribution in [3.63, 3.8) is 0 Å². The second-order valence-corrected chi connectivity index (χ2v) is 10.9. The smallest absolute Gasteiger partial charge is 0.354 e. The highest BCUT2D eigenvalue weighted by molar-refractivity contribution is 7.19. The van der Waals surface area contributed by atoms with Crippen LogP contribution in [-0.2, 0) is 6.54 Å². The Hall–Kier alpha value is -3.12. The van der Waals surface area contributed by atoms with Gasteiger partial charge >= 0.3 is 5.97 Å². The molecule has 38 heavy (non-hydrogen) atoms. The number of hydrogen-bond acceptors (Lipinski definition) is 7. The number of carbonyl (C=O) groups is 1. The summed E-state index contributed by atoms with van der Waals surface area (Å²) in [6.07, 6.45) is 3.40. The molecule has 0 amide bonds. The minimum absolute atomic E-state index is 0.104. The van der Waals surface area contributed by atoms with Gasteiger partial charge in [0, 0.05) is 18.2 Å². The largest absolute Gasteiger partial charge is 0.477 e. The third-order valence-electron chi connectivity index (χ3n) is 6.26. The van der Waals surface area contributed by atoms with Gasteiger partial charge in [-0.2, -0.15) is 0 Å². The molecule has 0 atom stereocenters. The van der Waals surface area contributed by atoms with Gasteiger partial charge in [0.1, 0.15) is 28.8 Å². The molecule has 1 aliphatic rings. The Labute approximate surface area is 227 Å². The van der Waals surface area contributed by atoms with Gasteiger partial charge in [0.25, 0.3) is 0 Å².